The summed E-state index contributed by atoms with van der Waals surface area (Å²) in [6.45, 7) is 3.61. The fourth-order valence-corrected chi connectivity index (χ4v) is 2.60. The van der Waals surface area contributed by atoms with Crippen molar-refractivity contribution in [1.82, 2.24) is 0 Å². The van der Waals surface area contributed by atoms with Crippen LogP contribution in [0.3, 0.4) is 0 Å². The molecule has 0 bridgehead atoms. The minimum atomic E-state index is -4.67. The number of rotatable bonds is 4. The number of carbonyl (C=O) groups excluding carboxylic acids is 1. The van der Waals surface area contributed by atoms with Gasteiger partial charge in [-0.15, -0.1) is 0 Å². The summed E-state index contributed by atoms with van der Waals surface area (Å²) < 4.78 is 38.9. The zero-order valence-electron chi connectivity index (χ0n) is 13.3. The van der Waals surface area contributed by atoms with Gasteiger partial charge in [0.05, 0.1) is 23.2 Å². The largest absolute Gasteiger partial charge is 0.417 e. The van der Waals surface area contributed by atoms with E-state index in [4.69, 9.17) is 5.26 Å². The predicted molar refractivity (Wildman–Crippen MR) is 81.4 cm³/mol. The smallest absolute Gasteiger partial charge is 0.324 e. The highest BCUT2D eigenvalue weighted by Crippen LogP contribution is 2.35. The van der Waals surface area contributed by atoms with Gasteiger partial charge in [-0.25, -0.2) is 0 Å². The molecule has 2 atom stereocenters. The Morgan fingerprint density at radius 1 is 1.50 bits per heavy atom. The maximum absolute atomic E-state index is 13.0. The second kappa shape index (κ2) is 6.59. The van der Waals surface area contributed by atoms with E-state index in [1.54, 1.807) is 6.92 Å². The number of benzene rings is 1. The van der Waals surface area contributed by atoms with Crippen LogP contribution < -0.4 is 5.32 Å². The van der Waals surface area contributed by atoms with Crippen LogP contribution in [-0.2, 0) is 11.0 Å². The molecule has 1 N–H and O–H groups in total. The van der Waals surface area contributed by atoms with Crippen LogP contribution in [0.2, 0.25) is 0 Å². The summed E-state index contributed by atoms with van der Waals surface area (Å²) >= 11 is 0. The van der Waals surface area contributed by atoms with E-state index in [0.717, 1.165) is 25.0 Å². The lowest BCUT2D eigenvalue weighted by Crippen LogP contribution is -2.37. The first-order valence-corrected chi connectivity index (χ1v) is 7.54. The number of nitrogens with zero attached hydrogens (tertiary/aromatic N) is 3. The summed E-state index contributed by atoms with van der Waals surface area (Å²) in [6, 6.07) is 4.52. The van der Waals surface area contributed by atoms with Crippen molar-refractivity contribution in [3.63, 3.8) is 0 Å². The maximum atomic E-state index is 13.0. The van der Waals surface area contributed by atoms with Gasteiger partial charge in [0.1, 0.15) is 0 Å². The number of hydrogen-bond donors (Lipinski definition) is 1. The first kappa shape index (κ1) is 17.9. The highest BCUT2D eigenvalue weighted by atomic mass is 19.4. The lowest BCUT2D eigenvalue weighted by Gasteiger charge is -2.20. The third-order valence-corrected chi connectivity index (χ3v) is 3.89. The molecule has 0 spiro atoms. The van der Waals surface area contributed by atoms with Gasteiger partial charge in [-0.1, -0.05) is 13.3 Å². The number of hydrogen-bond acceptors (Lipinski definition) is 4. The Morgan fingerprint density at radius 3 is 2.79 bits per heavy atom. The van der Waals surface area contributed by atoms with Gasteiger partial charge in [0.25, 0.3) is 5.91 Å². The highest BCUT2D eigenvalue weighted by Gasteiger charge is 2.40. The molecule has 0 saturated heterocycles. The Bertz CT molecular complexity index is 708. The molecular formula is C16H17F3N4O. The zero-order valence-corrected chi connectivity index (χ0v) is 13.3. The van der Waals surface area contributed by atoms with Crippen LogP contribution in [0.1, 0.15) is 44.2 Å². The Balaban J connectivity index is 2.19. The van der Waals surface area contributed by atoms with E-state index >= 15 is 0 Å². The molecule has 1 aliphatic heterocycles. The number of alkyl halides is 3. The Hall–Kier alpha value is -2.43. The van der Waals surface area contributed by atoms with Crippen LogP contribution in [0.25, 0.3) is 0 Å². The molecule has 8 heteroatoms. The van der Waals surface area contributed by atoms with Crippen molar-refractivity contribution in [3.05, 3.63) is 29.3 Å². The average molecular weight is 338 g/mol. The molecule has 5 nitrogen and oxygen atoms in total. The van der Waals surface area contributed by atoms with Gasteiger partial charge in [0.2, 0.25) is 0 Å². The second-order valence-corrected chi connectivity index (χ2v) is 5.96. The lowest BCUT2D eigenvalue weighted by molar-refractivity contribution is -0.137. The molecule has 2 rings (SSSR count). The highest BCUT2D eigenvalue weighted by molar-refractivity contribution is 5.98. The second-order valence-electron chi connectivity index (χ2n) is 5.96. The molecule has 24 heavy (non-hydrogen) atoms. The van der Waals surface area contributed by atoms with Gasteiger partial charge in [-0.05, 0) is 31.5 Å². The van der Waals surface area contributed by atoms with Crippen LogP contribution in [0.15, 0.2) is 28.4 Å². The van der Waals surface area contributed by atoms with Crippen molar-refractivity contribution in [2.75, 3.05) is 5.32 Å². The standard InChI is InChI=1S/C16H17F3N4O/c1-3-4-12-8-15(2,23-22-12)14(24)21-11-6-5-10(9-20)13(7-11)16(17,18)19/h5-7,12H,3-4,8H2,1-2H3,(H,21,24). The number of halogens is 3. The van der Waals surface area contributed by atoms with Crippen molar-refractivity contribution < 1.29 is 18.0 Å². The SMILES string of the molecule is CCCC1CC(C)(C(=O)Nc2ccc(C#N)c(C(F)(F)F)c2)N=N1. The van der Waals surface area contributed by atoms with Crippen LogP contribution in [0.5, 0.6) is 0 Å². The maximum Gasteiger partial charge on any atom is 0.417 e. The third-order valence-electron chi connectivity index (χ3n) is 3.89. The van der Waals surface area contributed by atoms with Gasteiger partial charge in [-0.3, -0.25) is 4.79 Å². The minimum absolute atomic E-state index is 0.0262. The number of azo groups is 1. The molecule has 1 aromatic carbocycles. The van der Waals surface area contributed by atoms with Gasteiger partial charge in [-0.2, -0.15) is 28.7 Å². The predicted octanol–water partition coefficient (Wildman–Crippen LogP) is 4.30. The Kier molecular flexibility index (Phi) is 4.92. The quantitative estimate of drug-likeness (QED) is 0.888. The molecule has 1 amide bonds. The minimum Gasteiger partial charge on any atom is -0.324 e. The normalized spacial score (nSPS) is 23.1. The van der Waals surface area contributed by atoms with E-state index in [1.165, 1.54) is 12.1 Å². The molecule has 0 fully saturated rings. The summed E-state index contributed by atoms with van der Waals surface area (Å²) in [7, 11) is 0. The fraction of sp³-hybridized carbons (Fsp3) is 0.500. The number of carbonyl (C=O) groups is 1. The monoisotopic (exact) mass is 338 g/mol. The van der Waals surface area contributed by atoms with Crippen molar-refractivity contribution >= 4 is 11.6 Å². The molecule has 1 heterocycles. The van der Waals surface area contributed by atoms with Crippen LogP contribution >= 0.6 is 0 Å². The molecule has 0 radical (unpaired) electrons. The van der Waals surface area contributed by atoms with E-state index in [0.29, 0.717) is 6.42 Å². The summed E-state index contributed by atoms with van der Waals surface area (Å²) in [5.41, 5.74) is -2.69. The topological polar surface area (TPSA) is 77.6 Å². The lowest BCUT2D eigenvalue weighted by atomic mass is 9.93. The number of nitriles is 1. The Morgan fingerprint density at radius 2 is 2.21 bits per heavy atom. The van der Waals surface area contributed by atoms with Gasteiger partial charge < -0.3 is 5.32 Å². The first-order valence-electron chi connectivity index (χ1n) is 7.54. The first-order chi connectivity index (χ1) is 11.2. The van der Waals surface area contributed by atoms with E-state index in [1.807, 2.05) is 6.92 Å². The molecule has 0 aliphatic carbocycles. The number of anilines is 1. The zero-order chi connectivity index (χ0) is 18.0. The van der Waals surface area contributed by atoms with Crippen LogP contribution in [0.4, 0.5) is 18.9 Å². The van der Waals surface area contributed by atoms with E-state index in [-0.39, 0.29) is 11.7 Å². The molecule has 1 aliphatic rings. The van der Waals surface area contributed by atoms with Gasteiger partial charge in [0, 0.05) is 12.1 Å². The van der Waals surface area contributed by atoms with Crippen molar-refractivity contribution in [1.29, 1.82) is 5.26 Å². The molecule has 0 aromatic heterocycles. The summed E-state index contributed by atoms with van der Waals surface area (Å²) in [4.78, 5) is 12.4. The fourth-order valence-electron chi connectivity index (χ4n) is 2.60. The molecule has 128 valence electrons. The molecular weight excluding hydrogens is 321 g/mol. The third kappa shape index (κ3) is 3.72. The van der Waals surface area contributed by atoms with Crippen molar-refractivity contribution in [3.8, 4) is 6.07 Å². The number of amides is 1. The van der Waals surface area contributed by atoms with Crippen molar-refractivity contribution in [2.45, 2.75) is 50.9 Å². The van der Waals surface area contributed by atoms with E-state index in [2.05, 4.69) is 15.5 Å². The summed E-state index contributed by atoms with van der Waals surface area (Å²) in [5, 5.41) is 19.3. The molecule has 2 unspecified atom stereocenters. The van der Waals surface area contributed by atoms with Crippen LogP contribution in [0, 0.1) is 11.3 Å². The van der Waals surface area contributed by atoms with Gasteiger partial charge in [0.15, 0.2) is 5.54 Å². The number of nitrogens with one attached hydrogen (secondary N) is 1. The van der Waals surface area contributed by atoms with Crippen molar-refractivity contribution in [2.24, 2.45) is 10.2 Å². The summed E-state index contributed by atoms with van der Waals surface area (Å²) in [5.74, 6) is -0.511. The molecule has 1 aromatic rings. The summed E-state index contributed by atoms with van der Waals surface area (Å²) in [6.07, 6.45) is -2.53. The Labute approximate surface area is 137 Å². The molecule has 0 saturated carbocycles. The van der Waals surface area contributed by atoms with E-state index in [9.17, 15) is 18.0 Å². The van der Waals surface area contributed by atoms with Crippen LogP contribution in [-0.4, -0.2) is 17.5 Å². The van der Waals surface area contributed by atoms with Gasteiger partial charge >= 0.3 is 6.18 Å². The average Bonchev–Trinajstić information content (AvgIpc) is 2.89. The van der Waals surface area contributed by atoms with E-state index < -0.39 is 28.7 Å².